The molecule has 0 aliphatic rings. The van der Waals surface area contributed by atoms with Crippen molar-refractivity contribution < 1.29 is 61.1 Å². The van der Waals surface area contributed by atoms with E-state index in [4.69, 9.17) is 25.9 Å². The van der Waals surface area contributed by atoms with Crippen molar-refractivity contribution in [2.75, 3.05) is 0 Å². The number of rotatable bonds is 13. The number of hydrogen-bond acceptors (Lipinski definition) is 6. The first-order chi connectivity index (χ1) is 58.4. The van der Waals surface area contributed by atoms with Crippen LogP contribution in [0, 0.1) is 38.0 Å². The fourth-order valence-electron chi connectivity index (χ4n) is 13.6. The predicted octanol–water partition coefficient (Wildman–Crippen LogP) is 26.2. The SMILES string of the molecule is [2H]C([2H])([2H])c1c[c-]c(-c2cc(C([2H])([2H])c3ccccc3)c([Si](C)(C)C)cn2)cc1.[2H]C([2H])([2H])c1cc(-c2[c-]cc3oc4ccc5ccccc5c4c3c2)ncc1-c1ccccc1.[2H]C([2H])(c1ccccc1)c1cc(-c2[c-]ccc(C(C)(C)C)c2)ncc1[Si](C)(C)C.[2H]C([2H])(c1ccccc1)c1ccnc(-c2[c-]cc3sc4cc5ccccc5cc4c3c2)c1.[Ir].[Ir]. The minimum absolute atomic E-state index is 0. The van der Waals surface area contributed by atoms with Gasteiger partial charge in [0, 0.05) is 97.1 Å². The standard InChI is InChI=1S/C28H18NO.C28H18NS.C25H30NSi.C22H24NSi.2Ir/c1-18-15-25(29-17-24(18)19-7-3-2-4-8-19)21-12-13-26-23(16-21)28-22-10-6-5-9-20(22)11-14-27(28)30-26;1-2-6-19(7-3-1)14-20-12-13-29-26(15-20)23-10-11-27-24(17-23)25-16-21-8-4-5-9-22(21)18-28(25)30-27;1-25(2,3)22-14-10-13-20(16-22)23-17-21(15-19-11-8-7-9-12-19)24(18-26-23)27(4,5)6;1-17-10-12-19(13-11-17)21-15-20(14-18-8-6-5-7-9-18)22(16-23-21)24(2,3)4;;/h2-11,13-17H,1H3;1-9,11-13,15-18H,14H2;7-12,14,16-18H,15H2,1-6H3;5-12,15-16H,14H2,1-4H3;;/q4*-1;;/i1D3;14D2;15D2;1D3,14D2;;. The first-order valence-corrected chi connectivity index (χ1v) is 45.0. The minimum Gasteiger partial charge on any atom is -0.500 e. The fourth-order valence-corrected chi connectivity index (χ4v) is 17.5. The van der Waals surface area contributed by atoms with E-state index in [1.54, 1.807) is 78.5 Å². The van der Waals surface area contributed by atoms with Gasteiger partial charge < -0.3 is 24.4 Å². The monoisotopic (exact) mass is 1880 g/mol. The Morgan fingerprint density at radius 3 is 1.55 bits per heavy atom. The molecule has 0 saturated heterocycles. The molecule has 0 aliphatic heterocycles. The molecule has 0 amide bonds. The van der Waals surface area contributed by atoms with Gasteiger partial charge in [-0.15, -0.1) is 118 Å². The van der Waals surface area contributed by atoms with Gasteiger partial charge in [0.1, 0.15) is 5.58 Å². The van der Waals surface area contributed by atoms with Crippen molar-refractivity contribution in [3.05, 3.63) is 384 Å². The quantitative estimate of drug-likeness (QED) is 0.0850. The average molecular weight is 1880 g/mol. The van der Waals surface area contributed by atoms with Crippen LogP contribution in [0.3, 0.4) is 0 Å². The van der Waals surface area contributed by atoms with E-state index in [9.17, 15) is 0 Å². The van der Waals surface area contributed by atoms with Gasteiger partial charge in [0.25, 0.3) is 0 Å². The number of benzene rings is 12. The fraction of sp³-hybridized carbons (Fsp3) is 0.146. The van der Waals surface area contributed by atoms with E-state index in [-0.39, 0.29) is 56.8 Å². The Kier molecular flexibility index (Phi) is 20.6. The van der Waals surface area contributed by atoms with Gasteiger partial charge in [-0.2, -0.15) is 11.3 Å². The second-order valence-electron chi connectivity index (χ2n) is 30.7. The van der Waals surface area contributed by atoms with Crippen LogP contribution in [-0.4, -0.2) is 36.1 Å². The maximum atomic E-state index is 8.98. The molecule has 0 atom stereocenters. The molecule has 564 valence electrons. The van der Waals surface area contributed by atoms with Crippen molar-refractivity contribution in [1.82, 2.24) is 19.9 Å². The van der Waals surface area contributed by atoms with Gasteiger partial charge in [-0.25, -0.2) is 0 Å². The van der Waals surface area contributed by atoms with Crippen LogP contribution < -0.4 is 10.4 Å². The Labute approximate surface area is 716 Å². The Balaban J connectivity index is 0.000000143. The maximum absolute atomic E-state index is 8.98. The van der Waals surface area contributed by atoms with E-state index in [2.05, 4.69) is 172 Å². The molecule has 6 heterocycles. The Bertz CT molecular complexity index is 6900. The number of thiophene rings is 1. The van der Waals surface area contributed by atoms with Crippen LogP contribution in [0.25, 0.3) is 120 Å². The summed E-state index contributed by atoms with van der Waals surface area (Å²) < 4.78 is 108. The van der Waals surface area contributed by atoms with Gasteiger partial charge in [-0.3, -0.25) is 0 Å². The predicted molar refractivity (Wildman–Crippen MR) is 477 cm³/mol. The molecule has 12 aromatic carbocycles. The van der Waals surface area contributed by atoms with Crippen LogP contribution in [-0.2, 0) is 64.7 Å². The van der Waals surface area contributed by atoms with Crippen molar-refractivity contribution in [3.8, 4) is 56.2 Å². The molecule has 0 fully saturated rings. The van der Waals surface area contributed by atoms with Gasteiger partial charge >= 0.3 is 0 Å². The zero-order valence-corrected chi connectivity index (χ0v) is 71.8. The summed E-state index contributed by atoms with van der Waals surface area (Å²) in [6, 6.07) is 103. The van der Waals surface area contributed by atoms with E-state index in [1.165, 1.54) is 42.6 Å². The van der Waals surface area contributed by atoms with E-state index in [0.717, 1.165) is 82.3 Å². The maximum Gasteiger partial charge on any atom is 0.121 e. The summed E-state index contributed by atoms with van der Waals surface area (Å²) in [6.45, 7) is 15.3. The summed E-state index contributed by atoms with van der Waals surface area (Å²) in [5.41, 5.74) is 14.3. The van der Waals surface area contributed by atoms with E-state index in [1.807, 2.05) is 164 Å². The first-order valence-electron chi connectivity index (χ1n) is 43.2. The topological polar surface area (TPSA) is 64.7 Å². The number of furan rings is 1. The van der Waals surface area contributed by atoms with Crippen LogP contribution in [0.1, 0.15) is 87.3 Å². The molecule has 5 nitrogen and oxygen atoms in total. The summed E-state index contributed by atoms with van der Waals surface area (Å²) in [5.74, 6) is 0. The largest absolute Gasteiger partial charge is 0.500 e. The zero-order valence-electron chi connectivity index (χ0n) is 76.2. The minimum atomic E-state index is -2.27. The molecule has 0 bridgehead atoms. The third-order valence-electron chi connectivity index (χ3n) is 19.5. The van der Waals surface area contributed by atoms with E-state index < -0.39 is 49.0 Å². The molecule has 0 aliphatic carbocycles. The Hall–Kier alpha value is -10.5. The number of nitrogens with zero attached hydrogens (tertiary/aromatic N) is 4. The molecule has 0 spiro atoms. The molecule has 18 aromatic rings. The molecule has 18 rings (SSSR count). The molecule has 0 unspecified atom stereocenters. The second kappa shape index (κ2) is 35.3. The van der Waals surface area contributed by atoms with Crippen LogP contribution in [0.2, 0.25) is 39.3 Å². The summed E-state index contributed by atoms with van der Waals surface area (Å²) in [7, 11) is -3.66. The van der Waals surface area contributed by atoms with Crippen LogP contribution >= 0.6 is 11.3 Å². The van der Waals surface area contributed by atoms with Crippen LogP contribution in [0.4, 0.5) is 0 Å². The molecule has 6 aromatic heterocycles. The molecule has 10 heteroatoms. The van der Waals surface area contributed by atoms with Gasteiger partial charge in [0.2, 0.25) is 0 Å². The van der Waals surface area contributed by atoms with Crippen LogP contribution in [0.15, 0.2) is 314 Å². The third-order valence-corrected chi connectivity index (χ3v) is 24.6. The molecule has 113 heavy (non-hydrogen) atoms. The Morgan fingerprint density at radius 1 is 0.407 bits per heavy atom. The summed E-state index contributed by atoms with van der Waals surface area (Å²) >= 11 is 1.77. The van der Waals surface area contributed by atoms with Gasteiger partial charge in [-0.05, 0) is 154 Å². The van der Waals surface area contributed by atoms with Crippen molar-refractivity contribution in [1.29, 1.82) is 0 Å². The van der Waals surface area contributed by atoms with Gasteiger partial charge in [0.15, 0.2) is 0 Å². The smallest absolute Gasteiger partial charge is 0.121 e. The van der Waals surface area contributed by atoms with Crippen molar-refractivity contribution >= 4 is 102 Å². The molecule has 0 N–H and O–H groups in total. The molecule has 0 saturated carbocycles. The Morgan fingerprint density at radius 2 is 0.938 bits per heavy atom. The van der Waals surface area contributed by atoms with Crippen molar-refractivity contribution in [2.45, 2.75) is 98.3 Å². The second-order valence-corrected chi connectivity index (χ2v) is 41.8. The molecular formula is C103H90Ir2N4OSSi2-4. The first kappa shape index (κ1) is 66.0. The third kappa shape index (κ3) is 19.1. The number of aryl methyl sites for hydroxylation is 2. The number of fused-ring (bicyclic) bond motifs is 9. The molecular weight excluding hydrogens is 1780 g/mol. The van der Waals surface area contributed by atoms with Gasteiger partial charge in [-0.1, -0.05) is 289 Å². The van der Waals surface area contributed by atoms with Crippen molar-refractivity contribution in [3.63, 3.8) is 0 Å². The summed E-state index contributed by atoms with van der Waals surface area (Å²) in [6.07, 6.45) is 2.15. The number of aromatic nitrogens is 4. The van der Waals surface area contributed by atoms with Gasteiger partial charge in [0.05, 0.1) is 21.7 Å². The summed E-state index contributed by atoms with van der Waals surface area (Å²) in [4.78, 5) is 18.5. The number of pyridine rings is 4. The van der Waals surface area contributed by atoms with E-state index in [0.29, 0.717) is 50.3 Å². The average Bonchev–Trinajstić information content (AvgIpc) is 1.63. The normalized spacial score (nSPS) is 13.6. The molecule has 2 radical (unpaired) electrons. The van der Waals surface area contributed by atoms with Crippen molar-refractivity contribution in [2.24, 2.45) is 0 Å². The van der Waals surface area contributed by atoms with E-state index >= 15 is 0 Å². The number of hydrogen-bond donors (Lipinski definition) is 0. The van der Waals surface area contributed by atoms with Crippen LogP contribution in [0.5, 0.6) is 0 Å². The summed E-state index contributed by atoms with van der Waals surface area (Å²) in [5, 5.41) is 11.2. The zero-order chi connectivity index (χ0) is 87.2.